The van der Waals surface area contributed by atoms with Crippen LogP contribution in [0.4, 0.5) is 5.69 Å². The zero-order chi connectivity index (χ0) is 24.0. The standard InChI is InChI=1S/C22H25N3O7S/c1-17(26)5-6-18-7-9-20(10-8-18)32-16-22(27)23-11-13-24(14-12-23)33(30,31)21-4-2-3-19(15-21)25(28)29/h2-4,7-10,15H,5-6,11-14,16H2,1H3. The van der Waals surface area contributed by atoms with Gasteiger partial charge in [0, 0.05) is 44.7 Å². The Morgan fingerprint density at radius 2 is 1.73 bits per heavy atom. The topological polar surface area (TPSA) is 127 Å². The highest BCUT2D eigenvalue weighted by Crippen LogP contribution is 2.22. The fraction of sp³-hybridized carbons (Fsp3) is 0.364. The molecule has 1 aliphatic heterocycles. The number of ether oxygens (including phenoxy) is 1. The first-order chi connectivity index (χ1) is 15.7. The van der Waals surface area contributed by atoms with Gasteiger partial charge >= 0.3 is 0 Å². The van der Waals surface area contributed by atoms with Crippen LogP contribution < -0.4 is 4.74 Å². The molecule has 1 fully saturated rings. The van der Waals surface area contributed by atoms with Gasteiger partial charge in [0.25, 0.3) is 11.6 Å². The highest BCUT2D eigenvalue weighted by Gasteiger charge is 2.31. The predicted octanol–water partition coefficient (Wildman–Crippen LogP) is 2.03. The molecular weight excluding hydrogens is 450 g/mol. The number of ketones is 1. The second-order valence-electron chi connectivity index (χ2n) is 7.67. The number of benzene rings is 2. The van der Waals surface area contributed by atoms with Gasteiger partial charge in [0.05, 0.1) is 9.82 Å². The second-order valence-corrected chi connectivity index (χ2v) is 9.61. The van der Waals surface area contributed by atoms with Crippen molar-refractivity contribution in [2.75, 3.05) is 32.8 Å². The summed E-state index contributed by atoms with van der Waals surface area (Å²) in [5.41, 5.74) is 0.707. The lowest BCUT2D eigenvalue weighted by Crippen LogP contribution is -2.51. The number of amides is 1. The summed E-state index contributed by atoms with van der Waals surface area (Å²) in [5, 5.41) is 10.9. The van der Waals surface area contributed by atoms with E-state index in [1.165, 1.54) is 27.4 Å². The first kappa shape index (κ1) is 24.3. The summed E-state index contributed by atoms with van der Waals surface area (Å²) in [7, 11) is -3.90. The molecule has 0 unspecified atom stereocenters. The van der Waals surface area contributed by atoms with E-state index < -0.39 is 14.9 Å². The monoisotopic (exact) mass is 475 g/mol. The van der Waals surface area contributed by atoms with Gasteiger partial charge in [-0.3, -0.25) is 14.9 Å². The third-order valence-electron chi connectivity index (χ3n) is 5.31. The first-order valence-corrected chi connectivity index (χ1v) is 11.8. The molecule has 1 saturated heterocycles. The largest absolute Gasteiger partial charge is 0.484 e. The SMILES string of the molecule is CC(=O)CCc1ccc(OCC(=O)N2CCN(S(=O)(=O)c3cccc([N+](=O)[O-])c3)CC2)cc1. The Kier molecular flexibility index (Phi) is 7.77. The molecule has 10 nitrogen and oxygen atoms in total. The van der Waals surface area contributed by atoms with E-state index in [0.717, 1.165) is 11.6 Å². The molecule has 0 atom stereocenters. The van der Waals surface area contributed by atoms with Crippen molar-refractivity contribution in [1.82, 2.24) is 9.21 Å². The average molecular weight is 476 g/mol. The Hall–Kier alpha value is -3.31. The maximum absolute atomic E-state index is 12.8. The molecule has 0 saturated carbocycles. The quantitative estimate of drug-likeness (QED) is 0.401. The van der Waals surface area contributed by atoms with Crippen molar-refractivity contribution in [2.24, 2.45) is 0 Å². The summed E-state index contributed by atoms with van der Waals surface area (Å²) in [6.45, 7) is 1.93. The van der Waals surface area contributed by atoms with E-state index in [4.69, 9.17) is 4.74 Å². The van der Waals surface area contributed by atoms with Gasteiger partial charge in [0.1, 0.15) is 11.5 Å². The number of carbonyl (C=O) groups excluding carboxylic acids is 2. The number of nitro benzene ring substituents is 1. The van der Waals surface area contributed by atoms with Crippen molar-refractivity contribution in [3.05, 3.63) is 64.2 Å². The maximum Gasteiger partial charge on any atom is 0.270 e. The number of hydrogen-bond acceptors (Lipinski definition) is 7. The number of hydrogen-bond donors (Lipinski definition) is 0. The zero-order valence-electron chi connectivity index (χ0n) is 18.2. The normalized spacial score (nSPS) is 14.6. The van der Waals surface area contributed by atoms with Crippen LogP contribution in [0.25, 0.3) is 0 Å². The van der Waals surface area contributed by atoms with Gasteiger partial charge in [-0.25, -0.2) is 8.42 Å². The number of sulfonamides is 1. The minimum Gasteiger partial charge on any atom is -0.484 e. The van der Waals surface area contributed by atoms with Crippen molar-refractivity contribution in [3.63, 3.8) is 0 Å². The van der Waals surface area contributed by atoms with Crippen molar-refractivity contribution in [2.45, 2.75) is 24.7 Å². The van der Waals surface area contributed by atoms with Gasteiger partial charge in [-0.1, -0.05) is 18.2 Å². The molecule has 0 spiro atoms. The first-order valence-electron chi connectivity index (χ1n) is 10.4. The van der Waals surface area contributed by atoms with Gasteiger partial charge in [0.2, 0.25) is 10.0 Å². The molecule has 1 heterocycles. The summed E-state index contributed by atoms with van der Waals surface area (Å²) in [6.07, 6.45) is 1.12. The minimum absolute atomic E-state index is 0.0849. The van der Waals surface area contributed by atoms with E-state index in [-0.39, 0.29) is 55.1 Å². The predicted molar refractivity (Wildman–Crippen MR) is 119 cm³/mol. The number of nitro groups is 1. The van der Waals surface area contributed by atoms with E-state index in [2.05, 4.69) is 0 Å². The molecule has 2 aromatic carbocycles. The molecule has 0 radical (unpaired) electrons. The van der Waals surface area contributed by atoms with Gasteiger partial charge in [-0.15, -0.1) is 0 Å². The third-order valence-corrected chi connectivity index (χ3v) is 7.20. The lowest BCUT2D eigenvalue weighted by Gasteiger charge is -2.33. The molecule has 176 valence electrons. The van der Waals surface area contributed by atoms with Crippen LogP contribution in [-0.4, -0.2) is 67.0 Å². The van der Waals surface area contributed by atoms with E-state index in [1.54, 1.807) is 19.1 Å². The fourth-order valence-corrected chi connectivity index (χ4v) is 4.86. The lowest BCUT2D eigenvalue weighted by molar-refractivity contribution is -0.385. The molecule has 11 heteroatoms. The molecule has 2 aromatic rings. The van der Waals surface area contributed by atoms with Crippen LogP contribution >= 0.6 is 0 Å². The van der Waals surface area contributed by atoms with Crippen molar-refractivity contribution < 1.29 is 27.7 Å². The molecule has 1 aliphatic rings. The molecule has 33 heavy (non-hydrogen) atoms. The summed E-state index contributed by atoms with van der Waals surface area (Å²) < 4.78 is 32.4. The van der Waals surface area contributed by atoms with E-state index in [0.29, 0.717) is 18.6 Å². The zero-order valence-corrected chi connectivity index (χ0v) is 19.0. The van der Waals surface area contributed by atoms with Gasteiger partial charge in [-0.2, -0.15) is 4.31 Å². The molecular formula is C22H25N3O7S. The third kappa shape index (κ3) is 6.36. The maximum atomic E-state index is 12.8. The van der Waals surface area contributed by atoms with E-state index >= 15 is 0 Å². The van der Waals surface area contributed by atoms with Crippen molar-refractivity contribution in [1.29, 1.82) is 0 Å². The lowest BCUT2D eigenvalue weighted by atomic mass is 10.1. The highest BCUT2D eigenvalue weighted by molar-refractivity contribution is 7.89. The highest BCUT2D eigenvalue weighted by atomic mass is 32.2. The Labute approximate surface area is 192 Å². The van der Waals surface area contributed by atoms with Crippen LogP contribution in [0.15, 0.2) is 53.4 Å². The molecule has 0 aliphatic carbocycles. The number of carbonyl (C=O) groups is 2. The Morgan fingerprint density at radius 1 is 1.06 bits per heavy atom. The molecule has 0 N–H and O–H groups in total. The second kappa shape index (κ2) is 10.5. The summed E-state index contributed by atoms with van der Waals surface area (Å²) >= 11 is 0. The fourth-order valence-electron chi connectivity index (χ4n) is 3.39. The number of piperazine rings is 1. The van der Waals surface area contributed by atoms with Gasteiger partial charge < -0.3 is 14.4 Å². The number of nitrogens with zero attached hydrogens (tertiary/aromatic N) is 3. The average Bonchev–Trinajstić information content (AvgIpc) is 2.82. The van der Waals surface area contributed by atoms with Crippen LogP contribution in [0, 0.1) is 10.1 Å². The number of rotatable bonds is 9. The summed E-state index contributed by atoms with van der Waals surface area (Å²) in [5.74, 6) is 0.392. The van der Waals surface area contributed by atoms with Crippen molar-refractivity contribution >= 4 is 27.4 Å². The number of Topliss-reactive ketones (excluding diaryl/α,β-unsaturated/α-hetero) is 1. The number of non-ortho nitro benzene ring substituents is 1. The molecule has 1 amide bonds. The summed E-state index contributed by atoms with van der Waals surface area (Å²) in [6, 6.07) is 12.1. The van der Waals surface area contributed by atoms with Crippen LogP contribution in [0.2, 0.25) is 0 Å². The smallest absolute Gasteiger partial charge is 0.270 e. The van der Waals surface area contributed by atoms with Gasteiger partial charge in [-0.05, 0) is 37.1 Å². The van der Waals surface area contributed by atoms with Crippen LogP contribution in [-0.2, 0) is 26.0 Å². The van der Waals surface area contributed by atoms with Gasteiger partial charge in [0.15, 0.2) is 6.61 Å². The van der Waals surface area contributed by atoms with Crippen LogP contribution in [0.3, 0.4) is 0 Å². The Bertz CT molecular complexity index is 1120. The molecule has 0 aromatic heterocycles. The minimum atomic E-state index is -3.90. The van der Waals surface area contributed by atoms with E-state index in [1.807, 2.05) is 12.1 Å². The van der Waals surface area contributed by atoms with E-state index in [9.17, 15) is 28.1 Å². The van der Waals surface area contributed by atoms with Crippen LogP contribution in [0.5, 0.6) is 5.75 Å². The molecule has 0 bridgehead atoms. The number of aryl methyl sites for hydroxylation is 1. The molecule has 3 rings (SSSR count). The Balaban J connectivity index is 1.51. The Morgan fingerprint density at radius 3 is 2.33 bits per heavy atom. The van der Waals surface area contributed by atoms with Crippen LogP contribution in [0.1, 0.15) is 18.9 Å². The summed E-state index contributed by atoms with van der Waals surface area (Å²) in [4.78, 5) is 35.2. The van der Waals surface area contributed by atoms with Crippen molar-refractivity contribution in [3.8, 4) is 5.75 Å².